The summed E-state index contributed by atoms with van der Waals surface area (Å²) in [6.45, 7) is 0. The molecule has 0 fully saturated rings. The molecule has 2 heteroatoms. The van der Waals surface area contributed by atoms with Crippen LogP contribution < -0.4 is 0 Å². The summed E-state index contributed by atoms with van der Waals surface area (Å²) in [5.74, 6) is 0. The van der Waals surface area contributed by atoms with E-state index in [0.29, 0.717) is 5.58 Å². The zero-order valence-corrected chi connectivity index (χ0v) is 4.59. The van der Waals surface area contributed by atoms with Gasteiger partial charge in [0.15, 0.2) is 6.39 Å². The SMILES string of the molecule is c1ccc2ncoc2c#1. The second kappa shape index (κ2) is 1.49. The normalized spacial score (nSPS) is 9.33. The lowest BCUT2D eigenvalue weighted by atomic mass is 10.4. The van der Waals surface area contributed by atoms with E-state index < -0.39 is 0 Å². The first-order valence-electron chi connectivity index (χ1n) is 2.58. The van der Waals surface area contributed by atoms with Crippen LogP contribution >= 0.6 is 0 Å². The van der Waals surface area contributed by atoms with E-state index in [9.17, 15) is 0 Å². The summed E-state index contributed by atoms with van der Waals surface area (Å²) < 4.78 is 4.92. The average molecular weight is 117 g/mol. The molecule has 0 aliphatic rings. The highest BCUT2D eigenvalue weighted by molar-refractivity contribution is 5.69. The van der Waals surface area contributed by atoms with Gasteiger partial charge < -0.3 is 4.42 Å². The van der Waals surface area contributed by atoms with E-state index in [1.54, 1.807) is 6.07 Å². The summed E-state index contributed by atoms with van der Waals surface area (Å²) in [6.07, 6.45) is 1.40. The van der Waals surface area contributed by atoms with Gasteiger partial charge in [0.1, 0.15) is 5.52 Å². The minimum absolute atomic E-state index is 0.664. The van der Waals surface area contributed by atoms with Crippen molar-refractivity contribution < 1.29 is 4.42 Å². The molecule has 2 nitrogen and oxygen atoms in total. The molecule has 0 radical (unpaired) electrons. The van der Waals surface area contributed by atoms with Crippen molar-refractivity contribution >= 4 is 11.1 Å². The van der Waals surface area contributed by atoms with Crippen LogP contribution in [-0.4, -0.2) is 4.98 Å². The number of aromatic nitrogens is 1. The van der Waals surface area contributed by atoms with Crippen molar-refractivity contribution in [1.82, 2.24) is 4.98 Å². The van der Waals surface area contributed by atoms with Gasteiger partial charge in [0, 0.05) is 0 Å². The number of hydrogen-bond donors (Lipinski definition) is 0. The van der Waals surface area contributed by atoms with Crippen molar-refractivity contribution in [2.45, 2.75) is 0 Å². The summed E-state index contributed by atoms with van der Waals surface area (Å²) in [7, 11) is 0. The third-order valence-electron chi connectivity index (χ3n) is 1.11. The molecule has 0 saturated carbocycles. The molecule has 9 heavy (non-hydrogen) atoms. The van der Waals surface area contributed by atoms with E-state index in [0.717, 1.165) is 5.52 Å². The Bertz CT molecular complexity index is 283. The maximum atomic E-state index is 4.92. The second-order valence-electron chi connectivity index (χ2n) is 1.67. The molecule has 0 atom stereocenters. The number of hydrogen-bond acceptors (Lipinski definition) is 2. The van der Waals surface area contributed by atoms with Crippen LogP contribution in [0.3, 0.4) is 0 Å². The first-order valence-corrected chi connectivity index (χ1v) is 2.58. The standard InChI is InChI=1S/C7H3NO/c1-2-4-7-6(3-1)8-5-9-7/h1,3,5H. The summed E-state index contributed by atoms with van der Waals surface area (Å²) >= 11 is 0. The number of rotatable bonds is 0. The maximum Gasteiger partial charge on any atom is 0.204 e. The molecule has 0 bridgehead atoms. The van der Waals surface area contributed by atoms with Crippen molar-refractivity contribution in [1.29, 1.82) is 0 Å². The molecule has 2 rings (SSSR count). The van der Waals surface area contributed by atoms with Gasteiger partial charge in [-0.25, -0.2) is 4.98 Å². The molecule has 0 aliphatic heterocycles. The molecule has 0 amide bonds. The smallest absolute Gasteiger partial charge is 0.204 e. The van der Waals surface area contributed by atoms with Crippen molar-refractivity contribution in [3.8, 4) is 0 Å². The monoisotopic (exact) mass is 117 g/mol. The summed E-state index contributed by atoms with van der Waals surface area (Å²) in [5, 5.41) is 0. The molecule has 1 heterocycles. The molecule has 0 spiro atoms. The van der Waals surface area contributed by atoms with Crippen LogP contribution in [0.1, 0.15) is 0 Å². The van der Waals surface area contributed by atoms with Crippen LogP contribution in [0, 0.1) is 12.1 Å². The lowest BCUT2D eigenvalue weighted by Crippen LogP contribution is -1.59. The third kappa shape index (κ3) is 0.550. The second-order valence-corrected chi connectivity index (χ2v) is 1.67. The van der Waals surface area contributed by atoms with Crippen LogP contribution in [0.4, 0.5) is 0 Å². The molecular formula is C7H3NO. The Morgan fingerprint density at radius 2 is 2.56 bits per heavy atom. The molecular weight excluding hydrogens is 114 g/mol. The highest BCUT2D eigenvalue weighted by atomic mass is 16.3. The Labute approximate surface area is 52.1 Å². The van der Waals surface area contributed by atoms with Crippen molar-refractivity contribution in [3.63, 3.8) is 0 Å². The zero-order chi connectivity index (χ0) is 6.10. The van der Waals surface area contributed by atoms with E-state index in [4.69, 9.17) is 4.42 Å². The molecule has 0 saturated heterocycles. The Kier molecular flexibility index (Phi) is 0.729. The van der Waals surface area contributed by atoms with Crippen LogP contribution in [0.15, 0.2) is 22.9 Å². The maximum absolute atomic E-state index is 4.92. The van der Waals surface area contributed by atoms with Crippen LogP contribution in [0.25, 0.3) is 11.1 Å². The van der Waals surface area contributed by atoms with Gasteiger partial charge in [-0.15, -0.1) is 0 Å². The van der Waals surface area contributed by atoms with Gasteiger partial charge in [-0.05, 0) is 18.2 Å². The topological polar surface area (TPSA) is 26.0 Å². The van der Waals surface area contributed by atoms with Crippen LogP contribution in [0.5, 0.6) is 0 Å². The fourth-order valence-electron chi connectivity index (χ4n) is 0.695. The fraction of sp³-hybridized carbons (Fsp3) is 0. The van der Waals surface area contributed by atoms with E-state index in [2.05, 4.69) is 17.1 Å². The number of oxazole rings is 1. The molecule has 0 unspecified atom stereocenters. The van der Waals surface area contributed by atoms with E-state index in [1.807, 2.05) is 6.07 Å². The van der Waals surface area contributed by atoms with Gasteiger partial charge >= 0.3 is 0 Å². The average Bonchev–Trinajstić information content (AvgIpc) is 2.33. The quantitative estimate of drug-likeness (QED) is 0.521. The van der Waals surface area contributed by atoms with Crippen molar-refractivity contribution in [2.75, 3.05) is 0 Å². The predicted octanol–water partition coefficient (Wildman–Crippen LogP) is 1.43. The first-order chi connectivity index (χ1) is 4.47. The Hall–Kier alpha value is -1.49. The van der Waals surface area contributed by atoms with Gasteiger partial charge in [-0.2, -0.15) is 0 Å². The third-order valence-corrected chi connectivity index (χ3v) is 1.11. The minimum atomic E-state index is 0.664. The lowest BCUT2D eigenvalue weighted by Gasteiger charge is -1.72. The van der Waals surface area contributed by atoms with Gasteiger partial charge in [0.25, 0.3) is 0 Å². The highest BCUT2D eigenvalue weighted by Crippen LogP contribution is 2.05. The molecule has 1 aromatic carbocycles. The van der Waals surface area contributed by atoms with Crippen molar-refractivity contribution in [3.05, 3.63) is 30.7 Å². The Balaban J connectivity index is 2.95. The molecule has 2 aromatic rings. The van der Waals surface area contributed by atoms with Crippen molar-refractivity contribution in [2.24, 2.45) is 0 Å². The lowest BCUT2D eigenvalue weighted by molar-refractivity contribution is 0.602. The number of nitrogens with zero attached hydrogens (tertiary/aromatic N) is 1. The largest absolute Gasteiger partial charge is 0.434 e. The van der Waals surface area contributed by atoms with Crippen LogP contribution in [0.2, 0.25) is 0 Å². The van der Waals surface area contributed by atoms with E-state index in [1.165, 1.54) is 6.39 Å². The molecule has 42 valence electrons. The van der Waals surface area contributed by atoms with E-state index in [-0.39, 0.29) is 0 Å². The molecule has 0 N–H and O–H groups in total. The Morgan fingerprint density at radius 3 is 3.44 bits per heavy atom. The fourth-order valence-corrected chi connectivity index (χ4v) is 0.695. The number of fused-ring (bicyclic) bond motifs is 1. The van der Waals surface area contributed by atoms with Crippen LogP contribution in [-0.2, 0) is 0 Å². The first kappa shape index (κ1) is 4.39. The van der Waals surface area contributed by atoms with Gasteiger partial charge in [0.2, 0.25) is 5.58 Å². The Morgan fingerprint density at radius 1 is 1.56 bits per heavy atom. The van der Waals surface area contributed by atoms with Gasteiger partial charge in [-0.3, -0.25) is 0 Å². The van der Waals surface area contributed by atoms with E-state index >= 15 is 0 Å². The molecule has 1 aromatic heterocycles. The minimum Gasteiger partial charge on any atom is -0.434 e. The summed E-state index contributed by atoms with van der Waals surface area (Å²) in [5.41, 5.74) is 1.49. The van der Waals surface area contributed by atoms with Gasteiger partial charge in [-0.1, -0.05) is 6.07 Å². The van der Waals surface area contributed by atoms with Gasteiger partial charge in [0.05, 0.1) is 0 Å². The predicted molar refractivity (Wildman–Crippen MR) is 31.7 cm³/mol. The summed E-state index contributed by atoms with van der Waals surface area (Å²) in [4.78, 5) is 3.90. The highest BCUT2D eigenvalue weighted by Gasteiger charge is 1.90. The molecule has 0 aliphatic carbocycles. The zero-order valence-electron chi connectivity index (χ0n) is 4.59. The summed E-state index contributed by atoms with van der Waals surface area (Å²) in [6, 6.07) is 9.12.